The molecule has 5 nitrogen and oxygen atoms in total. The Morgan fingerprint density at radius 3 is 2.72 bits per heavy atom. The number of nitrogens with zero attached hydrogens (tertiary/aromatic N) is 3. The molecule has 0 saturated heterocycles. The van der Waals surface area contributed by atoms with E-state index >= 15 is 0 Å². The van der Waals surface area contributed by atoms with E-state index in [1.807, 2.05) is 11.8 Å². The predicted molar refractivity (Wildman–Crippen MR) is 103 cm³/mol. The van der Waals surface area contributed by atoms with Gasteiger partial charge < -0.3 is 0 Å². The summed E-state index contributed by atoms with van der Waals surface area (Å²) in [5.74, 6) is 2.79. The zero-order valence-electron chi connectivity index (χ0n) is 15.5. The van der Waals surface area contributed by atoms with Gasteiger partial charge in [-0.05, 0) is 0 Å². The van der Waals surface area contributed by atoms with Crippen LogP contribution in [0.15, 0.2) is 17.0 Å². The van der Waals surface area contributed by atoms with Crippen LogP contribution in [-0.2, 0) is 5.60 Å². The third kappa shape index (κ3) is 3.75. The summed E-state index contributed by atoms with van der Waals surface area (Å²) in [6.07, 6.45) is 0. The molecule has 0 N–H and O–H groups in total. The van der Waals surface area contributed by atoms with E-state index in [2.05, 4.69) is 53.9 Å². The third-order valence-electron chi connectivity index (χ3n) is 4.48. The second-order valence-electron chi connectivity index (χ2n) is 6.44. The van der Waals surface area contributed by atoms with Crippen molar-refractivity contribution in [1.82, 2.24) is 14.1 Å². The zero-order valence-corrected chi connectivity index (χ0v) is 18.0. The average Bonchev–Trinajstić information content (AvgIpc) is 3.09. The Kier molecular flexibility index (Phi) is 5.78. The summed E-state index contributed by atoms with van der Waals surface area (Å²) in [6, 6.07) is 4.16. The van der Waals surface area contributed by atoms with Crippen molar-refractivity contribution in [2.75, 3.05) is 32.5 Å². The first-order valence-electron chi connectivity index (χ1n) is 8.59. The molecule has 0 atom stereocenters. The molecule has 1 aliphatic heterocycles. The third-order valence-corrected chi connectivity index (χ3v) is 7.66. The second kappa shape index (κ2) is 7.70. The topological polar surface area (TPSA) is 47.5 Å². The number of rotatable bonds is 7. The van der Waals surface area contributed by atoms with Gasteiger partial charge >= 0.3 is 160 Å². The molecule has 0 unspecified atom stereocenters. The van der Waals surface area contributed by atoms with Crippen molar-refractivity contribution in [1.29, 1.82) is 0 Å². The van der Waals surface area contributed by atoms with Gasteiger partial charge in [-0.2, -0.15) is 0 Å². The van der Waals surface area contributed by atoms with Crippen LogP contribution in [0.1, 0.15) is 32.1 Å². The number of fused-ring (bicyclic) bond motifs is 3. The van der Waals surface area contributed by atoms with E-state index in [1.165, 1.54) is 4.44 Å². The Balaban J connectivity index is 1.88. The van der Waals surface area contributed by atoms with Gasteiger partial charge in [0.05, 0.1) is 0 Å². The standard InChI is InChI=1S/C18H25N3O2SSe/c1-6-21(7-2)8-9-24-15-11-13-12(10-14(15)22-5)16-17(25-20-19-16)18(3,4)23-13/h10-11H,6-9H2,1-5H3. The molecule has 0 radical (unpaired) electrons. The molecule has 0 saturated carbocycles. The number of hydrogen-bond acceptors (Lipinski definition) is 6. The number of methoxy groups -OCH3 is 1. The van der Waals surface area contributed by atoms with Gasteiger partial charge in [-0.3, -0.25) is 0 Å². The monoisotopic (exact) mass is 427 g/mol. The SMILES string of the molecule is CCN(CC)CCSc1cc2c(cc1OC)-c1nn[se]c1C(C)(C)O2. The molecule has 1 aliphatic rings. The molecule has 0 fully saturated rings. The number of benzene rings is 1. The van der Waals surface area contributed by atoms with Crippen LogP contribution in [0.3, 0.4) is 0 Å². The molecule has 3 rings (SSSR count). The van der Waals surface area contributed by atoms with Crippen LogP contribution in [0.2, 0.25) is 0 Å². The fourth-order valence-corrected chi connectivity index (χ4v) is 5.51. The van der Waals surface area contributed by atoms with Crippen LogP contribution in [0, 0.1) is 0 Å². The zero-order chi connectivity index (χ0) is 18.0. The van der Waals surface area contributed by atoms with Crippen LogP contribution in [0.4, 0.5) is 0 Å². The number of aromatic nitrogens is 2. The van der Waals surface area contributed by atoms with Crippen molar-refractivity contribution in [3.63, 3.8) is 0 Å². The summed E-state index contributed by atoms with van der Waals surface area (Å²) >= 11 is 1.84. The Morgan fingerprint density at radius 2 is 2.04 bits per heavy atom. The van der Waals surface area contributed by atoms with Crippen molar-refractivity contribution < 1.29 is 9.47 Å². The first-order chi connectivity index (χ1) is 12.0. The van der Waals surface area contributed by atoms with Crippen LogP contribution in [-0.4, -0.2) is 61.3 Å². The molecular formula is C18H25N3O2SSe. The summed E-state index contributed by atoms with van der Waals surface area (Å²) in [5, 5.41) is 4.39. The fraction of sp³-hybridized carbons (Fsp3) is 0.556. The number of ether oxygens (including phenoxy) is 2. The van der Waals surface area contributed by atoms with Gasteiger partial charge in [0.1, 0.15) is 0 Å². The van der Waals surface area contributed by atoms with Crippen LogP contribution in [0.5, 0.6) is 11.5 Å². The Labute approximate surface area is 160 Å². The van der Waals surface area contributed by atoms with E-state index in [4.69, 9.17) is 9.47 Å². The van der Waals surface area contributed by atoms with E-state index in [1.54, 1.807) is 7.11 Å². The van der Waals surface area contributed by atoms with E-state index in [0.717, 1.165) is 53.0 Å². The van der Waals surface area contributed by atoms with Crippen molar-refractivity contribution >= 4 is 26.5 Å². The summed E-state index contributed by atoms with van der Waals surface area (Å²) in [7, 11) is 1.72. The molecule has 7 heteroatoms. The molecule has 0 aliphatic carbocycles. The van der Waals surface area contributed by atoms with Crippen LogP contribution >= 0.6 is 11.8 Å². The molecule has 0 amide bonds. The molecule has 0 bridgehead atoms. The van der Waals surface area contributed by atoms with Crippen molar-refractivity contribution in [2.24, 2.45) is 0 Å². The molecule has 2 aromatic rings. The van der Waals surface area contributed by atoms with E-state index in [0.29, 0.717) is 0 Å². The second-order valence-corrected chi connectivity index (χ2v) is 9.16. The van der Waals surface area contributed by atoms with Gasteiger partial charge in [0.15, 0.2) is 0 Å². The maximum absolute atomic E-state index is 6.30. The molecule has 1 aromatic carbocycles. The van der Waals surface area contributed by atoms with Crippen LogP contribution < -0.4 is 9.47 Å². The van der Waals surface area contributed by atoms with E-state index in [-0.39, 0.29) is 20.3 Å². The van der Waals surface area contributed by atoms with E-state index < -0.39 is 0 Å². The number of hydrogen-bond donors (Lipinski definition) is 0. The first kappa shape index (κ1) is 18.8. The average molecular weight is 426 g/mol. The predicted octanol–water partition coefficient (Wildman–Crippen LogP) is 3.27. The summed E-state index contributed by atoms with van der Waals surface area (Å²) in [4.78, 5) is 3.55. The first-order valence-corrected chi connectivity index (χ1v) is 11.2. The van der Waals surface area contributed by atoms with Crippen molar-refractivity contribution in [2.45, 2.75) is 38.2 Å². The van der Waals surface area contributed by atoms with Crippen LogP contribution in [0.25, 0.3) is 11.3 Å². The van der Waals surface area contributed by atoms with Gasteiger partial charge in [0, 0.05) is 0 Å². The van der Waals surface area contributed by atoms with Gasteiger partial charge in [-0.1, -0.05) is 0 Å². The van der Waals surface area contributed by atoms with Crippen molar-refractivity contribution in [3.8, 4) is 22.8 Å². The molecule has 136 valence electrons. The number of thioether (sulfide) groups is 1. The maximum atomic E-state index is 6.30. The molecular weight excluding hydrogens is 401 g/mol. The van der Waals surface area contributed by atoms with Gasteiger partial charge in [0.2, 0.25) is 0 Å². The van der Waals surface area contributed by atoms with Gasteiger partial charge in [0.25, 0.3) is 0 Å². The minimum atomic E-state index is -0.344. The fourth-order valence-electron chi connectivity index (χ4n) is 2.99. The summed E-state index contributed by atoms with van der Waals surface area (Å²) in [5.41, 5.74) is 1.63. The molecule has 0 spiro atoms. The molecule has 1 aromatic heterocycles. The molecule has 25 heavy (non-hydrogen) atoms. The van der Waals surface area contributed by atoms with Gasteiger partial charge in [-0.25, -0.2) is 0 Å². The molecule has 2 heterocycles. The Bertz CT molecular complexity index is 744. The Hall–Kier alpha value is -1.01. The van der Waals surface area contributed by atoms with Crippen molar-refractivity contribution in [3.05, 3.63) is 16.6 Å². The van der Waals surface area contributed by atoms with E-state index in [9.17, 15) is 0 Å². The normalized spacial score (nSPS) is 14.8. The summed E-state index contributed by atoms with van der Waals surface area (Å²) < 4.78 is 17.4. The summed E-state index contributed by atoms with van der Waals surface area (Å²) in [6.45, 7) is 11.8. The quantitative estimate of drug-likeness (QED) is 0.500. The minimum absolute atomic E-state index is 0.0287. The Morgan fingerprint density at radius 1 is 1.28 bits per heavy atom. The van der Waals surface area contributed by atoms with Gasteiger partial charge in [-0.15, -0.1) is 0 Å².